The van der Waals surface area contributed by atoms with Gasteiger partial charge < -0.3 is 10.0 Å². The number of hydrogen-bond donors (Lipinski definition) is 1. The van der Waals surface area contributed by atoms with Crippen molar-refractivity contribution in [3.05, 3.63) is 35.4 Å². The third kappa shape index (κ3) is 2.82. The van der Waals surface area contributed by atoms with Gasteiger partial charge in [-0.2, -0.15) is 0 Å². The number of thioether (sulfide) groups is 1. The minimum atomic E-state index is -0.481. The third-order valence-electron chi connectivity index (χ3n) is 2.79. The Bertz CT molecular complexity index is 402. The predicted molar refractivity (Wildman–Crippen MR) is 69.8 cm³/mol. The maximum Gasteiger partial charge on any atom is 0.233 e. The van der Waals surface area contributed by atoms with Crippen LogP contribution in [0.4, 0.5) is 0 Å². The van der Waals surface area contributed by atoms with Gasteiger partial charge in [0, 0.05) is 6.54 Å². The lowest BCUT2D eigenvalue weighted by Crippen LogP contribution is -2.34. The van der Waals surface area contributed by atoms with Gasteiger partial charge in [0.05, 0.1) is 11.9 Å². The lowest BCUT2D eigenvalue weighted by Gasteiger charge is -2.25. The molecule has 1 aromatic carbocycles. The molecule has 0 aliphatic carbocycles. The number of benzene rings is 1. The largest absolute Gasteiger partial charge is 0.392 e. The molecule has 4 heteroatoms. The highest BCUT2D eigenvalue weighted by Gasteiger charge is 2.33. The van der Waals surface area contributed by atoms with Crippen molar-refractivity contribution in [2.45, 2.75) is 25.3 Å². The van der Waals surface area contributed by atoms with Crippen molar-refractivity contribution < 1.29 is 9.90 Å². The Morgan fingerprint density at radius 1 is 1.47 bits per heavy atom. The Balaban J connectivity index is 2.19. The zero-order chi connectivity index (χ0) is 12.4. The molecule has 0 spiro atoms. The first-order valence-electron chi connectivity index (χ1n) is 5.73. The van der Waals surface area contributed by atoms with Crippen LogP contribution in [0.3, 0.4) is 0 Å². The fourth-order valence-electron chi connectivity index (χ4n) is 1.94. The molecule has 0 radical (unpaired) electrons. The van der Waals surface area contributed by atoms with E-state index >= 15 is 0 Å². The molecule has 1 aliphatic heterocycles. The van der Waals surface area contributed by atoms with Gasteiger partial charge in [0.25, 0.3) is 0 Å². The van der Waals surface area contributed by atoms with E-state index in [4.69, 9.17) is 0 Å². The average molecular weight is 251 g/mol. The van der Waals surface area contributed by atoms with Gasteiger partial charge in [-0.25, -0.2) is 0 Å². The second-order valence-corrected chi connectivity index (χ2v) is 5.54. The number of aryl methyl sites for hydroxylation is 1. The summed E-state index contributed by atoms with van der Waals surface area (Å²) in [6, 6.07) is 8.22. The molecule has 2 unspecified atom stereocenters. The molecule has 1 fully saturated rings. The molecule has 0 bridgehead atoms. The number of aliphatic hydroxyl groups is 1. The van der Waals surface area contributed by atoms with E-state index in [2.05, 4.69) is 24.3 Å². The summed E-state index contributed by atoms with van der Waals surface area (Å²) in [7, 11) is 0. The lowest BCUT2D eigenvalue weighted by molar-refractivity contribution is -0.129. The van der Waals surface area contributed by atoms with E-state index in [0.717, 1.165) is 5.56 Å². The van der Waals surface area contributed by atoms with E-state index in [9.17, 15) is 9.90 Å². The minimum Gasteiger partial charge on any atom is -0.392 e. The Labute approximate surface area is 106 Å². The first-order valence-corrected chi connectivity index (χ1v) is 6.78. The molecule has 2 atom stereocenters. The molecule has 1 amide bonds. The minimum absolute atomic E-state index is 0.0534. The standard InChI is InChI=1S/C13H17NO2S/c1-9-3-5-11(6-4-9)13-14(7-10(2)15)12(16)8-17-13/h3-6,10,13,15H,7-8H2,1-2H3. The molecule has 0 aromatic heterocycles. The van der Waals surface area contributed by atoms with Crippen LogP contribution < -0.4 is 0 Å². The van der Waals surface area contributed by atoms with Gasteiger partial charge in [-0.1, -0.05) is 29.8 Å². The topological polar surface area (TPSA) is 40.5 Å². The molecule has 1 heterocycles. The highest BCUT2D eigenvalue weighted by atomic mass is 32.2. The quantitative estimate of drug-likeness (QED) is 0.892. The number of aliphatic hydroxyl groups excluding tert-OH is 1. The van der Waals surface area contributed by atoms with Crippen molar-refractivity contribution in [1.29, 1.82) is 0 Å². The second-order valence-electron chi connectivity index (χ2n) is 4.47. The van der Waals surface area contributed by atoms with Crippen molar-refractivity contribution in [1.82, 2.24) is 4.90 Å². The Kier molecular flexibility index (Phi) is 3.74. The summed E-state index contributed by atoms with van der Waals surface area (Å²) in [6.45, 7) is 4.16. The maximum absolute atomic E-state index is 11.8. The van der Waals surface area contributed by atoms with Crippen LogP contribution in [0.25, 0.3) is 0 Å². The van der Waals surface area contributed by atoms with Gasteiger partial charge >= 0.3 is 0 Å². The molecule has 3 nitrogen and oxygen atoms in total. The van der Waals surface area contributed by atoms with Crippen LogP contribution in [-0.4, -0.2) is 34.3 Å². The van der Waals surface area contributed by atoms with Crippen molar-refractivity contribution >= 4 is 17.7 Å². The molecule has 1 aliphatic rings. The second kappa shape index (κ2) is 5.10. The summed E-state index contributed by atoms with van der Waals surface area (Å²) in [4.78, 5) is 13.5. The van der Waals surface area contributed by atoms with Crippen molar-refractivity contribution in [3.8, 4) is 0 Å². The number of rotatable bonds is 3. The fraction of sp³-hybridized carbons (Fsp3) is 0.462. The van der Waals surface area contributed by atoms with Gasteiger partial charge in [0.2, 0.25) is 5.91 Å². The average Bonchev–Trinajstić information content (AvgIpc) is 2.61. The molecule has 2 rings (SSSR count). The van der Waals surface area contributed by atoms with Crippen LogP contribution in [0.2, 0.25) is 0 Å². The lowest BCUT2D eigenvalue weighted by atomic mass is 10.1. The SMILES string of the molecule is Cc1ccc(C2SCC(=O)N2CC(C)O)cc1. The number of β-amino-alcohol motifs (C(OH)–C–C–N with tert-alkyl or cyclic N) is 1. The number of hydrogen-bond acceptors (Lipinski definition) is 3. The van der Waals surface area contributed by atoms with Crippen LogP contribution in [0.1, 0.15) is 23.4 Å². The normalized spacial score (nSPS) is 21.9. The zero-order valence-electron chi connectivity index (χ0n) is 10.1. The maximum atomic E-state index is 11.8. The number of carbonyl (C=O) groups excluding carboxylic acids is 1. The summed E-state index contributed by atoms with van der Waals surface area (Å²) < 4.78 is 0. The summed E-state index contributed by atoms with van der Waals surface area (Å²) in [5, 5.41) is 9.49. The molecule has 1 aromatic rings. The Morgan fingerprint density at radius 3 is 2.71 bits per heavy atom. The van der Waals surface area contributed by atoms with Crippen LogP contribution in [-0.2, 0) is 4.79 Å². The van der Waals surface area contributed by atoms with E-state index < -0.39 is 6.10 Å². The summed E-state index contributed by atoms with van der Waals surface area (Å²) in [5.74, 6) is 0.618. The third-order valence-corrected chi connectivity index (χ3v) is 4.05. The summed E-state index contributed by atoms with van der Waals surface area (Å²) in [6.07, 6.45) is -0.481. The van der Waals surface area contributed by atoms with Crippen molar-refractivity contribution in [2.24, 2.45) is 0 Å². The monoisotopic (exact) mass is 251 g/mol. The predicted octanol–water partition coefficient (Wildman–Crippen LogP) is 1.95. The highest BCUT2D eigenvalue weighted by molar-refractivity contribution is 8.00. The molecule has 1 saturated heterocycles. The number of nitrogens with zero attached hydrogens (tertiary/aromatic N) is 1. The van der Waals surface area contributed by atoms with Gasteiger partial charge in [0.15, 0.2) is 0 Å². The van der Waals surface area contributed by atoms with Crippen molar-refractivity contribution in [3.63, 3.8) is 0 Å². The first kappa shape index (κ1) is 12.5. The van der Waals surface area contributed by atoms with Crippen LogP contribution in [0.15, 0.2) is 24.3 Å². The van der Waals surface area contributed by atoms with E-state index in [-0.39, 0.29) is 11.3 Å². The molecule has 92 valence electrons. The molecule has 0 saturated carbocycles. The summed E-state index contributed by atoms with van der Waals surface area (Å²) >= 11 is 1.62. The van der Waals surface area contributed by atoms with E-state index in [1.807, 2.05) is 6.92 Å². The molecule has 17 heavy (non-hydrogen) atoms. The number of amides is 1. The van der Waals surface area contributed by atoms with E-state index in [1.165, 1.54) is 5.56 Å². The highest BCUT2D eigenvalue weighted by Crippen LogP contribution is 2.38. The van der Waals surface area contributed by atoms with Crippen molar-refractivity contribution in [2.75, 3.05) is 12.3 Å². The fourth-order valence-corrected chi connectivity index (χ4v) is 3.14. The van der Waals surface area contributed by atoms with Gasteiger partial charge in [0.1, 0.15) is 5.37 Å². The van der Waals surface area contributed by atoms with E-state index in [0.29, 0.717) is 12.3 Å². The van der Waals surface area contributed by atoms with Gasteiger partial charge in [-0.15, -0.1) is 11.8 Å². The van der Waals surface area contributed by atoms with Crippen LogP contribution >= 0.6 is 11.8 Å². The Hall–Kier alpha value is -1.00. The Morgan fingerprint density at radius 2 is 2.12 bits per heavy atom. The molecular weight excluding hydrogens is 234 g/mol. The van der Waals surface area contributed by atoms with Gasteiger partial charge in [-0.3, -0.25) is 4.79 Å². The van der Waals surface area contributed by atoms with Crippen LogP contribution in [0, 0.1) is 6.92 Å². The van der Waals surface area contributed by atoms with Crippen LogP contribution in [0.5, 0.6) is 0 Å². The molecule has 1 N–H and O–H groups in total. The molecular formula is C13H17NO2S. The summed E-state index contributed by atoms with van der Waals surface area (Å²) in [5.41, 5.74) is 2.34. The smallest absolute Gasteiger partial charge is 0.233 e. The first-order chi connectivity index (χ1) is 8.08. The van der Waals surface area contributed by atoms with E-state index in [1.54, 1.807) is 23.6 Å². The zero-order valence-corrected chi connectivity index (χ0v) is 10.9. The number of carbonyl (C=O) groups is 1. The van der Waals surface area contributed by atoms with Gasteiger partial charge in [-0.05, 0) is 19.4 Å².